The zero-order valence-electron chi connectivity index (χ0n) is 60.3. The van der Waals surface area contributed by atoms with E-state index < -0.39 is 0 Å². The van der Waals surface area contributed by atoms with Crippen molar-refractivity contribution in [3.63, 3.8) is 0 Å². The average molecular weight is 1320 g/mol. The monoisotopic (exact) mass is 1310 g/mol. The minimum atomic E-state index is -0.373. The predicted molar refractivity (Wildman–Crippen MR) is 360 cm³/mol. The van der Waals surface area contributed by atoms with Crippen LogP contribution in [-0.2, 0) is 130 Å². The molecular weight excluding hydrogens is 1200 g/mol. The van der Waals surface area contributed by atoms with Gasteiger partial charge in [0.25, 0.3) is 0 Å². The Bertz CT molecular complexity index is 3030. The van der Waals surface area contributed by atoms with Crippen LogP contribution in [0, 0.1) is 5.92 Å². The van der Waals surface area contributed by atoms with Crippen LogP contribution in [0.25, 0.3) is 0 Å². The van der Waals surface area contributed by atoms with E-state index in [1.807, 2.05) is 38.8 Å². The molecule has 0 saturated carbocycles. The summed E-state index contributed by atoms with van der Waals surface area (Å²) < 4.78 is 25.6. The number of Topliss-reactive ketones (excluding diaryl/α,β-unsaturated/α-hetero) is 2. The van der Waals surface area contributed by atoms with Gasteiger partial charge in [0.05, 0.1) is 58.1 Å². The standard InChI is InChI=1S/2C13H21N3O2.2C12H19N3O2.C10H17NO2.C9H17NO/c1-9-5-11-7-16(8-13(17)18-4)14-12(11)6-10(2)15(9)3;1-9-5-11-7-14-16(8-13(17)18-4)12(11)6-10(2)15(9)3;1-8-4-10-6-15(7-12(16)17-3)14-11(10)5-9(2)13-8;1-8-4-10-6-13-15(7-12(16)17-3)11(10)5-9(2)14-8;1-7-4-9(6-12)10(13)5-8(2)11(7)3;1-7-4-5-9(11)6-8(2)10(7)3/h2*7,9-10H,5-6,8H2,1-4H3;6,8-9,13H,4-5,7H2,1-3H3;6,8-9,14H,4-5,7H2,1-3H3;6-9H,4-5H2,1-3H3;7-8H,4-6H2,1-3H3. The Balaban J connectivity index is 0.000000206. The number of carbonyl (C=O) groups excluding carboxylic acids is 7. The van der Waals surface area contributed by atoms with Gasteiger partial charge in [0.1, 0.15) is 44.0 Å². The molecule has 6 aliphatic rings. The summed E-state index contributed by atoms with van der Waals surface area (Å²) in [7, 11) is 14.0. The van der Waals surface area contributed by atoms with Gasteiger partial charge in [-0.2, -0.15) is 20.4 Å². The molecule has 526 valence electrons. The minimum Gasteiger partial charge on any atom is -0.468 e. The molecule has 6 aliphatic heterocycles. The highest BCUT2D eigenvalue weighted by Crippen LogP contribution is 2.26. The van der Waals surface area contributed by atoms with Gasteiger partial charge in [-0.25, -0.2) is 0 Å². The molecule has 0 amide bonds. The number of nitrogens with one attached hydrogen (secondary N) is 2. The molecule has 0 aliphatic carbocycles. The second-order valence-corrected chi connectivity index (χ2v) is 27.4. The number of hydrogen-bond acceptors (Lipinski definition) is 21. The smallest absolute Gasteiger partial charge is 0.327 e. The zero-order valence-corrected chi connectivity index (χ0v) is 60.3. The third-order valence-electron chi connectivity index (χ3n) is 19.8. The van der Waals surface area contributed by atoms with Gasteiger partial charge < -0.3 is 54.0 Å². The summed E-state index contributed by atoms with van der Waals surface area (Å²) in [5, 5.41) is 24.6. The molecule has 2 fully saturated rings. The summed E-state index contributed by atoms with van der Waals surface area (Å²) in [5.41, 5.74) is 9.51. The number of aromatic nitrogens is 8. The van der Waals surface area contributed by atoms with Crippen molar-refractivity contribution in [1.82, 2.24) is 69.4 Å². The quantitative estimate of drug-likeness (QED) is 0.0956. The normalized spacial score (nSPS) is 27.3. The number of aldehydes is 1. The Kier molecular flexibility index (Phi) is 30.9. The second-order valence-electron chi connectivity index (χ2n) is 27.4. The van der Waals surface area contributed by atoms with Crippen LogP contribution >= 0.6 is 0 Å². The lowest BCUT2D eigenvalue weighted by Gasteiger charge is -2.27. The maximum atomic E-state index is 11.5. The molecule has 10 rings (SSSR count). The van der Waals surface area contributed by atoms with E-state index in [0.717, 1.165) is 94.0 Å². The number of ketones is 2. The highest BCUT2D eigenvalue weighted by Gasteiger charge is 2.32. The van der Waals surface area contributed by atoms with Crippen molar-refractivity contribution in [2.24, 2.45) is 5.92 Å². The molecule has 0 aromatic carbocycles. The molecule has 94 heavy (non-hydrogen) atoms. The molecule has 10 heterocycles. The molecule has 2 N–H and O–H groups in total. The number of rotatable bonds is 9. The number of ether oxygens (including phenoxy) is 4. The van der Waals surface area contributed by atoms with E-state index in [4.69, 9.17) is 4.74 Å². The lowest BCUT2D eigenvalue weighted by molar-refractivity contribution is -0.142. The van der Waals surface area contributed by atoms with E-state index >= 15 is 0 Å². The van der Waals surface area contributed by atoms with Crippen molar-refractivity contribution in [1.29, 1.82) is 0 Å². The number of esters is 4. The highest BCUT2D eigenvalue weighted by molar-refractivity contribution is 5.93. The van der Waals surface area contributed by atoms with E-state index in [-0.39, 0.29) is 67.8 Å². The topological polar surface area (TPSA) is 265 Å². The van der Waals surface area contributed by atoms with E-state index in [1.165, 1.54) is 56.4 Å². The Labute approximate surface area is 559 Å². The summed E-state index contributed by atoms with van der Waals surface area (Å²) in [4.78, 5) is 87.6. The lowest BCUT2D eigenvalue weighted by Crippen LogP contribution is -2.37. The number of hydrogen-bond donors (Lipinski definition) is 2. The van der Waals surface area contributed by atoms with Crippen LogP contribution in [0.5, 0.6) is 0 Å². The number of nitrogens with zero attached hydrogens (tertiary/aromatic N) is 12. The molecule has 0 radical (unpaired) electrons. The molecule has 25 heteroatoms. The number of methoxy groups -OCH3 is 4. The Morgan fingerprint density at radius 3 is 1.34 bits per heavy atom. The highest BCUT2D eigenvalue weighted by atomic mass is 16.5. The first-order chi connectivity index (χ1) is 44.4. The van der Waals surface area contributed by atoms with Gasteiger partial charge in [-0.05, 0) is 172 Å². The fourth-order valence-electron chi connectivity index (χ4n) is 13.1. The van der Waals surface area contributed by atoms with E-state index in [2.05, 4.69) is 162 Å². The van der Waals surface area contributed by atoms with Crippen LogP contribution in [0.4, 0.5) is 0 Å². The van der Waals surface area contributed by atoms with Gasteiger partial charge in [-0.3, -0.25) is 47.5 Å². The van der Waals surface area contributed by atoms with Gasteiger partial charge in [0, 0.05) is 141 Å². The van der Waals surface area contributed by atoms with Crippen molar-refractivity contribution in [2.45, 2.75) is 265 Å². The van der Waals surface area contributed by atoms with Gasteiger partial charge in [-0.15, -0.1) is 0 Å². The van der Waals surface area contributed by atoms with Crippen LogP contribution in [0.3, 0.4) is 0 Å². The molecule has 2 saturated heterocycles. The van der Waals surface area contributed by atoms with Crippen LogP contribution < -0.4 is 10.6 Å². The summed E-state index contributed by atoms with van der Waals surface area (Å²) in [6.45, 7) is 26.7. The lowest BCUT2D eigenvalue weighted by atomic mass is 9.97. The van der Waals surface area contributed by atoms with Crippen LogP contribution in [0.15, 0.2) is 24.8 Å². The molecule has 13 unspecified atom stereocenters. The first-order valence-electron chi connectivity index (χ1n) is 33.7. The van der Waals surface area contributed by atoms with Crippen molar-refractivity contribution in [3.8, 4) is 0 Å². The number of fused-ring (bicyclic) bond motifs is 4. The largest absolute Gasteiger partial charge is 0.468 e. The van der Waals surface area contributed by atoms with Gasteiger partial charge in [0.15, 0.2) is 0 Å². The first-order valence-corrected chi connectivity index (χ1v) is 33.7. The molecule has 25 nitrogen and oxygen atoms in total. The third kappa shape index (κ3) is 23.1. The molecule has 0 bridgehead atoms. The second kappa shape index (κ2) is 37.1. The first kappa shape index (κ1) is 78.2. The third-order valence-corrected chi connectivity index (χ3v) is 19.8. The van der Waals surface area contributed by atoms with Crippen LogP contribution in [0.2, 0.25) is 0 Å². The van der Waals surface area contributed by atoms with E-state index in [0.29, 0.717) is 85.1 Å². The van der Waals surface area contributed by atoms with Crippen molar-refractivity contribution >= 4 is 41.7 Å². The van der Waals surface area contributed by atoms with Crippen LogP contribution in [0.1, 0.15) is 160 Å². The zero-order chi connectivity index (χ0) is 69.8. The van der Waals surface area contributed by atoms with E-state index in [1.54, 1.807) is 18.7 Å². The van der Waals surface area contributed by atoms with Gasteiger partial charge in [0.2, 0.25) is 0 Å². The molecule has 4 aromatic rings. The summed E-state index contributed by atoms with van der Waals surface area (Å²) in [6.07, 6.45) is 19.8. The van der Waals surface area contributed by atoms with Gasteiger partial charge in [-0.1, -0.05) is 0 Å². The fraction of sp³-hybridized carbons (Fsp3) is 0.725. The van der Waals surface area contributed by atoms with Crippen molar-refractivity contribution in [2.75, 3.05) is 56.6 Å². The Morgan fingerprint density at radius 1 is 0.457 bits per heavy atom. The average Bonchev–Trinajstić information content (AvgIpc) is 1.72. The SMILES string of the molecule is CC1CC(=O)C(C=O)CC(C)N1C.CC1CCC(=O)CC(C)N1C.COC(=O)Cn1cc2c(n1)CC(C)N(C)C(C)C2.COC(=O)Cn1cc2c(n1)CC(C)NC(C)C2.COC(=O)Cn1ncc2c1CC(C)N(C)C(C)C2.COC(=O)Cn1ncc2c1CC(C)NC(C)C2. The van der Waals surface area contributed by atoms with Crippen molar-refractivity contribution < 1.29 is 52.5 Å². The maximum absolute atomic E-state index is 11.5. The van der Waals surface area contributed by atoms with Crippen LogP contribution in [-0.4, -0.2) is 230 Å². The fourth-order valence-corrected chi connectivity index (χ4v) is 13.1. The number of carbonyl (C=O) groups is 7. The van der Waals surface area contributed by atoms with E-state index in [9.17, 15) is 33.6 Å². The van der Waals surface area contributed by atoms with Crippen molar-refractivity contribution in [3.05, 3.63) is 69.8 Å². The molecular formula is C69H114N14O11. The van der Waals surface area contributed by atoms with Gasteiger partial charge >= 0.3 is 23.9 Å². The number of likely N-dealkylation sites (tertiary alicyclic amines) is 2. The predicted octanol–water partition coefficient (Wildman–Crippen LogP) is 5.09. The summed E-state index contributed by atoms with van der Waals surface area (Å²) in [5.74, 6) is -0.879. The molecule has 4 aromatic heterocycles. The summed E-state index contributed by atoms with van der Waals surface area (Å²) in [6, 6.07) is 5.21. The summed E-state index contributed by atoms with van der Waals surface area (Å²) >= 11 is 0. The Morgan fingerprint density at radius 2 is 0.830 bits per heavy atom. The molecule has 0 spiro atoms. The Hall–Kier alpha value is -6.51. The minimum absolute atomic E-state index is 0.0960. The molecule has 13 atom stereocenters. The maximum Gasteiger partial charge on any atom is 0.327 e. The number of likely N-dealkylation sites (N-methyl/N-ethyl adjacent to an activating group) is 2.